The summed E-state index contributed by atoms with van der Waals surface area (Å²) in [6.45, 7) is 6.38. The highest BCUT2D eigenvalue weighted by molar-refractivity contribution is 7.99. The number of rotatable bonds is 9. The minimum atomic E-state index is -0.374. The van der Waals surface area contributed by atoms with E-state index in [-0.39, 0.29) is 12.0 Å². The monoisotopic (exact) mass is 537 g/mol. The number of nitriles is 1. The van der Waals surface area contributed by atoms with Gasteiger partial charge in [-0.05, 0) is 60.2 Å². The third kappa shape index (κ3) is 6.30. The molecule has 1 aliphatic heterocycles. The number of anilines is 2. The van der Waals surface area contributed by atoms with Gasteiger partial charge in [-0.25, -0.2) is 9.97 Å². The maximum Gasteiger partial charge on any atom is 0.233 e. The molecule has 1 fully saturated rings. The molecule has 0 radical (unpaired) electrons. The summed E-state index contributed by atoms with van der Waals surface area (Å²) in [6, 6.07) is 16.1. The Morgan fingerprint density at radius 1 is 1.19 bits per heavy atom. The van der Waals surface area contributed by atoms with E-state index in [0.29, 0.717) is 29.1 Å². The summed E-state index contributed by atoms with van der Waals surface area (Å²) in [5, 5.41) is 20.0. The van der Waals surface area contributed by atoms with Crippen LogP contribution in [0.2, 0.25) is 5.02 Å². The van der Waals surface area contributed by atoms with Gasteiger partial charge in [-0.1, -0.05) is 49.5 Å². The van der Waals surface area contributed by atoms with Crippen molar-refractivity contribution in [1.82, 2.24) is 9.97 Å². The second kappa shape index (κ2) is 12.0. The van der Waals surface area contributed by atoms with E-state index in [1.807, 2.05) is 48.7 Å². The van der Waals surface area contributed by atoms with Crippen molar-refractivity contribution in [2.75, 3.05) is 35.6 Å². The number of ether oxygens (including phenoxy) is 1. The van der Waals surface area contributed by atoms with Gasteiger partial charge in [0.15, 0.2) is 0 Å². The Bertz CT molecular complexity index is 1250. The van der Waals surface area contributed by atoms with Crippen molar-refractivity contribution in [1.29, 1.82) is 5.26 Å². The summed E-state index contributed by atoms with van der Waals surface area (Å²) in [5.41, 5.74) is 3.86. The van der Waals surface area contributed by atoms with Crippen LogP contribution in [0.1, 0.15) is 49.1 Å². The average Bonchev–Trinajstić information content (AvgIpc) is 2.92. The number of piperidine rings is 1. The van der Waals surface area contributed by atoms with E-state index in [0.717, 1.165) is 54.2 Å². The van der Waals surface area contributed by atoms with Gasteiger partial charge in [0, 0.05) is 37.6 Å². The van der Waals surface area contributed by atoms with Crippen LogP contribution in [-0.2, 0) is 12.0 Å². The number of nitrogens with one attached hydrogen (secondary N) is 1. The molecule has 1 aromatic heterocycles. The van der Waals surface area contributed by atoms with Crippen molar-refractivity contribution in [3.05, 3.63) is 76.1 Å². The van der Waals surface area contributed by atoms with Crippen LogP contribution in [0.25, 0.3) is 0 Å². The molecule has 194 valence electrons. The molecular weight excluding hydrogens is 506 g/mol. The zero-order valence-corrected chi connectivity index (χ0v) is 22.9. The number of aliphatic hydroxyl groups excluding tert-OH is 1. The average molecular weight is 538 g/mol. The predicted octanol–water partition coefficient (Wildman–Crippen LogP) is 5.81. The summed E-state index contributed by atoms with van der Waals surface area (Å²) in [6.07, 6.45) is 5.42. The summed E-state index contributed by atoms with van der Waals surface area (Å²) in [4.78, 5) is 10.8. The van der Waals surface area contributed by atoms with Crippen molar-refractivity contribution in [2.24, 2.45) is 5.92 Å². The van der Waals surface area contributed by atoms with Gasteiger partial charge in [0.05, 0.1) is 22.0 Å². The molecule has 2 heterocycles. The van der Waals surface area contributed by atoms with Crippen molar-refractivity contribution >= 4 is 35.2 Å². The second-order valence-corrected chi connectivity index (χ2v) is 10.7. The molecule has 1 aliphatic rings. The Labute approximate surface area is 228 Å². The molecule has 0 bridgehead atoms. The Balaban J connectivity index is 1.49. The van der Waals surface area contributed by atoms with Gasteiger partial charge in [-0.15, -0.1) is 0 Å². The van der Waals surface area contributed by atoms with E-state index in [9.17, 15) is 10.4 Å². The van der Waals surface area contributed by atoms with Crippen LogP contribution in [-0.4, -0.2) is 41.0 Å². The molecule has 0 atom stereocenters. The summed E-state index contributed by atoms with van der Waals surface area (Å²) >= 11 is 8.23. The van der Waals surface area contributed by atoms with Crippen LogP contribution in [0.4, 0.5) is 11.6 Å². The van der Waals surface area contributed by atoms with Gasteiger partial charge in [0.1, 0.15) is 18.4 Å². The van der Waals surface area contributed by atoms with Crippen LogP contribution in [0.3, 0.4) is 0 Å². The van der Waals surface area contributed by atoms with Gasteiger partial charge in [-0.2, -0.15) is 5.26 Å². The van der Waals surface area contributed by atoms with Gasteiger partial charge < -0.3 is 14.7 Å². The zero-order valence-electron chi connectivity index (χ0n) is 21.4. The SMILES string of the molecule is CSNc1nccc(COc2ccc(C(C)(C)c3cc(Cl)c(N4CCC(CO)CC4)c(C#N)c3)cc2)n1. The van der Waals surface area contributed by atoms with Crippen molar-refractivity contribution < 1.29 is 9.84 Å². The number of halogens is 1. The molecule has 0 unspecified atom stereocenters. The lowest BCUT2D eigenvalue weighted by Crippen LogP contribution is -2.35. The van der Waals surface area contributed by atoms with Crippen LogP contribution >= 0.6 is 23.5 Å². The highest BCUT2D eigenvalue weighted by Gasteiger charge is 2.28. The fourth-order valence-corrected chi connectivity index (χ4v) is 5.23. The van der Waals surface area contributed by atoms with Gasteiger partial charge in [0.2, 0.25) is 5.95 Å². The number of hydrogen-bond donors (Lipinski definition) is 2. The standard InChI is InChI=1S/C28H32ClN5O2S/c1-28(2,21-4-6-24(7-5-21)36-18-23-8-11-31-27(32-23)33-37-3)22-14-20(16-30)26(25(29)15-22)34-12-9-19(17-35)10-13-34/h4-8,11,14-15,19,35H,9-10,12-13,17-18H2,1-3H3,(H,31,32,33). The van der Waals surface area contributed by atoms with Gasteiger partial charge in [0.25, 0.3) is 0 Å². The molecule has 37 heavy (non-hydrogen) atoms. The topological polar surface area (TPSA) is 94.3 Å². The highest BCUT2D eigenvalue weighted by atomic mass is 35.5. The van der Waals surface area contributed by atoms with Gasteiger partial charge in [-0.3, -0.25) is 4.72 Å². The van der Waals surface area contributed by atoms with Crippen LogP contribution < -0.4 is 14.4 Å². The minimum absolute atomic E-state index is 0.209. The third-order valence-corrected chi connectivity index (χ3v) is 7.64. The van der Waals surface area contributed by atoms with Crippen LogP contribution in [0, 0.1) is 17.2 Å². The van der Waals surface area contributed by atoms with E-state index in [2.05, 4.69) is 39.5 Å². The maximum absolute atomic E-state index is 9.96. The first-order valence-electron chi connectivity index (χ1n) is 12.3. The maximum atomic E-state index is 9.96. The highest BCUT2D eigenvalue weighted by Crippen LogP contribution is 2.40. The first-order chi connectivity index (χ1) is 17.8. The Hall–Kier alpha value is -2.99. The molecule has 2 aromatic carbocycles. The normalized spacial score (nSPS) is 14.3. The van der Waals surface area contributed by atoms with E-state index in [1.165, 1.54) is 11.9 Å². The Kier molecular flexibility index (Phi) is 8.80. The van der Waals surface area contributed by atoms with Crippen molar-refractivity contribution in [2.45, 2.75) is 38.7 Å². The number of nitrogens with zero attached hydrogens (tertiary/aromatic N) is 4. The van der Waals surface area contributed by atoms with E-state index < -0.39 is 0 Å². The minimum Gasteiger partial charge on any atom is -0.487 e. The predicted molar refractivity (Wildman–Crippen MR) is 150 cm³/mol. The Morgan fingerprint density at radius 2 is 1.92 bits per heavy atom. The summed E-state index contributed by atoms with van der Waals surface area (Å²) < 4.78 is 8.96. The zero-order chi connectivity index (χ0) is 26.4. The second-order valence-electron chi connectivity index (χ2n) is 9.69. The quantitative estimate of drug-likeness (QED) is 0.330. The lowest BCUT2D eigenvalue weighted by Gasteiger charge is -2.35. The lowest BCUT2D eigenvalue weighted by atomic mass is 9.77. The first kappa shape index (κ1) is 27.1. The molecule has 9 heteroatoms. The third-order valence-electron chi connectivity index (χ3n) is 6.96. The van der Waals surface area contributed by atoms with Gasteiger partial charge >= 0.3 is 0 Å². The summed E-state index contributed by atoms with van der Waals surface area (Å²) in [5.74, 6) is 1.62. The number of aromatic nitrogens is 2. The molecular formula is C28H32ClN5O2S. The molecule has 2 N–H and O–H groups in total. The van der Waals surface area contributed by atoms with E-state index in [1.54, 1.807) is 6.20 Å². The molecule has 0 spiro atoms. The van der Waals surface area contributed by atoms with Crippen LogP contribution in [0.5, 0.6) is 5.75 Å². The molecule has 0 saturated carbocycles. The molecule has 3 aromatic rings. The fourth-order valence-electron chi connectivity index (χ4n) is 4.61. The number of aliphatic hydroxyl groups is 1. The molecule has 1 saturated heterocycles. The number of benzene rings is 2. The first-order valence-corrected chi connectivity index (χ1v) is 13.9. The molecule has 0 amide bonds. The Morgan fingerprint density at radius 3 is 2.57 bits per heavy atom. The lowest BCUT2D eigenvalue weighted by molar-refractivity contribution is 0.203. The fraction of sp³-hybridized carbons (Fsp3) is 0.393. The van der Waals surface area contributed by atoms with Crippen molar-refractivity contribution in [3.63, 3.8) is 0 Å². The molecule has 4 rings (SSSR count). The summed E-state index contributed by atoms with van der Waals surface area (Å²) in [7, 11) is 0. The number of hydrogen-bond acceptors (Lipinski definition) is 8. The van der Waals surface area contributed by atoms with Crippen molar-refractivity contribution in [3.8, 4) is 11.8 Å². The van der Waals surface area contributed by atoms with E-state index >= 15 is 0 Å². The van der Waals surface area contributed by atoms with Crippen LogP contribution in [0.15, 0.2) is 48.7 Å². The molecule has 7 nitrogen and oxygen atoms in total. The molecule has 0 aliphatic carbocycles. The largest absolute Gasteiger partial charge is 0.487 e. The van der Waals surface area contributed by atoms with E-state index in [4.69, 9.17) is 16.3 Å². The smallest absolute Gasteiger partial charge is 0.233 e.